The minimum Gasteiger partial charge on any atom is -0.422 e. The Balaban J connectivity index is 1.77. The third kappa shape index (κ3) is 2.49. The van der Waals surface area contributed by atoms with E-state index in [9.17, 15) is 23.1 Å². The van der Waals surface area contributed by atoms with Gasteiger partial charge in [-0.2, -0.15) is 23.3 Å². The minimum atomic E-state index is -4.92. The number of hydrogen-bond donors (Lipinski definition) is 1. The zero-order valence-corrected chi connectivity index (χ0v) is 13.7. The normalized spacial score (nSPS) is 20.2. The highest BCUT2D eigenvalue weighted by molar-refractivity contribution is 7.14. The number of hydrazone groups is 1. The molecule has 26 heavy (non-hydrogen) atoms. The van der Waals surface area contributed by atoms with Crippen molar-refractivity contribution in [3.63, 3.8) is 0 Å². The summed E-state index contributed by atoms with van der Waals surface area (Å²) in [4.78, 5) is 16.2. The number of para-hydroxylation sites is 1. The second kappa shape index (κ2) is 5.64. The van der Waals surface area contributed by atoms with Gasteiger partial charge in [-0.3, -0.25) is 0 Å². The number of anilines is 1. The van der Waals surface area contributed by atoms with Crippen molar-refractivity contribution in [2.24, 2.45) is 5.10 Å². The molecule has 2 aromatic heterocycles. The number of alkyl halides is 3. The van der Waals surface area contributed by atoms with Gasteiger partial charge in [0.15, 0.2) is 0 Å². The Hall–Kier alpha value is -2.72. The van der Waals surface area contributed by atoms with E-state index in [1.807, 2.05) is 0 Å². The molecule has 6 nitrogen and oxygen atoms in total. The predicted molar refractivity (Wildman–Crippen MR) is 90.2 cm³/mol. The fourth-order valence-corrected chi connectivity index (χ4v) is 3.45. The van der Waals surface area contributed by atoms with Gasteiger partial charge in [-0.05, 0) is 12.1 Å². The molecule has 1 aliphatic heterocycles. The number of fused-ring (bicyclic) bond motifs is 1. The SMILES string of the molecule is O=c1oc2ccccc2cc1-c1csc(N2N=CCC2(O)C(F)(F)F)n1. The van der Waals surface area contributed by atoms with Crippen molar-refractivity contribution < 1.29 is 22.7 Å². The Labute approximate surface area is 147 Å². The summed E-state index contributed by atoms with van der Waals surface area (Å²) in [6.07, 6.45) is -4.65. The van der Waals surface area contributed by atoms with Crippen LogP contribution in [0.4, 0.5) is 18.3 Å². The second-order valence-corrected chi connectivity index (χ2v) is 6.47. The number of hydrogen-bond acceptors (Lipinski definition) is 7. The van der Waals surface area contributed by atoms with E-state index in [0.717, 1.165) is 17.6 Å². The molecule has 0 bridgehead atoms. The first-order chi connectivity index (χ1) is 12.3. The highest BCUT2D eigenvalue weighted by Gasteiger charge is 2.60. The van der Waals surface area contributed by atoms with Crippen molar-refractivity contribution in [1.82, 2.24) is 4.98 Å². The third-order valence-corrected chi connectivity index (χ3v) is 4.78. The average molecular weight is 381 g/mol. The van der Waals surface area contributed by atoms with Crippen molar-refractivity contribution in [2.75, 3.05) is 5.01 Å². The van der Waals surface area contributed by atoms with Gasteiger partial charge in [0, 0.05) is 23.4 Å². The largest absolute Gasteiger partial charge is 0.438 e. The van der Waals surface area contributed by atoms with Gasteiger partial charge >= 0.3 is 11.8 Å². The first kappa shape index (κ1) is 16.7. The lowest BCUT2D eigenvalue weighted by Crippen LogP contribution is -2.54. The Bertz CT molecular complexity index is 1080. The molecule has 1 atom stereocenters. The molecule has 0 saturated carbocycles. The van der Waals surface area contributed by atoms with E-state index in [-0.39, 0.29) is 16.4 Å². The van der Waals surface area contributed by atoms with Crippen LogP contribution >= 0.6 is 11.3 Å². The summed E-state index contributed by atoms with van der Waals surface area (Å²) in [5, 5.41) is 15.9. The lowest BCUT2D eigenvalue weighted by molar-refractivity contribution is -0.254. The lowest BCUT2D eigenvalue weighted by Gasteiger charge is -2.32. The highest BCUT2D eigenvalue weighted by atomic mass is 32.1. The molecule has 1 N–H and O–H groups in total. The monoisotopic (exact) mass is 381 g/mol. The molecule has 0 radical (unpaired) electrons. The molecule has 3 heterocycles. The Morgan fingerprint density at radius 1 is 1.31 bits per heavy atom. The maximum atomic E-state index is 13.2. The van der Waals surface area contributed by atoms with E-state index in [0.29, 0.717) is 16.0 Å². The fourth-order valence-electron chi connectivity index (χ4n) is 2.60. The van der Waals surface area contributed by atoms with Gasteiger partial charge < -0.3 is 9.52 Å². The summed E-state index contributed by atoms with van der Waals surface area (Å²) in [6, 6.07) is 8.41. The van der Waals surface area contributed by atoms with Gasteiger partial charge in [0.25, 0.3) is 5.72 Å². The van der Waals surface area contributed by atoms with Crippen LogP contribution in [0.25, 0.3) is 22.2 Å². The van der Waals surface area contributed by atoms with Gasteiger partial charge in [0.05, 0.1) is 11.3 Å². The fraction of sp³-hybridized carbons (Fsp3) is 0.188. The summed E-state index contributed by atoms with van der Waals surface area (Å²) in [5.74, 6) is 0. The molecule has 0 aliphatic carbocycles. The van der Waals surface area contributed by atoms with Crippen molar-refractivity contribution in [3.05, 3.63) is 46.1 Å². The van der Waals surface area contributed by atoms with Crippen LogP contribution in [-0.4, -0.2) is 28.2 Å². The quantitative estimate of drug-likeness (QED) is 0.689. The molecule has 0 amide bonds. The first-order valence-corrected chi connectivity index (χ1v) is 8.28. The van der Waals surface area contributed by atoms with Crippen LogP contribution in [0.15, 0.2) is 50.0 Å². The number of benzene rings is 1. The van der Waals surface area contributed by atoms with Crippen LogP contribution in [-0.2, 0) is 0 Å². The van der Waals surface area contributed by atoms with Crippen LogP contribution in [0, 0.1) is 0 Å². The van der Waals surface area contributed by atoms with E-state index >= 15 is 0 Å². The highest BCUT2D eigenvalue weighted by Crippen LogP contribution is 2.42. The van der Waals surface area contributed by atoms with Gasteiger partial charge in [-0.15, -0.1) is 11.3 Å². The van der Waals surface area contributed by atoms with Crippen LogP contribution in [0.2, 0.25) is 0 Å². The average Bonchev–Trinajstić information content (AvgIpc) is 3.20. The van der Waals surface area contributed by atoms with E-state index in [1.165, 1.54) is 5.38 Å². The molecule has 1 aromatic carbocycles. The molecule has 1 unspecified atom stereocenters. The topological polar surface area (TPSA) is 78.9 Å². The van der Waals surface area contributed by atoms with E-state index in [1.54, 1.807) is 30.3 Å². The molecule has 4 rings (SSSR count). The molecule has 0 saturated heterocycles. The zero-order valence-electron chi connectivity index (χ0n) is 12.9. The smallest absolute Gasteiger partial charge is 0.422 e. The molecular formula is C16H10F3N3O3S. The number of nitrogens with zero attached hydrogens (tertiary/aromatic N) is 3. The lowest BCUT2D eigenvalue weighted by atomic mass is 10.1. The van der Waals surface area contributed by atoms with Crippen LogP contribution in [0.1, 0.15) is 6.42 Å². The maximum absolute atomic E-state index is 13.2. The summed E-state index contributed by atoms with van der Waals surface area (Å²) >= 11 is 0.835. The van der Waals surface area contributed by atoms with Crippen LogP contribution in [0.5, 0.6) is 0 Å². The number of rotatable bonds is 2. The standard InChI is InChI=1S/C16H10F3N3O3S/c17-16(18,19)15(24)5-6-20-22(15)14-21-11(8-26-14)10-7-9-3-1-2-4-12(9)25-13(10)23/h1-4,6-8,24H,5H2. The van der Waals surface area contributed by atoms with E-state index in [2.05, 4.69) is 10.1 Å². The van der Waals surface area contributed by atoms with Crippen LogP contribution < -0.4 is 10.6 Å². The van der Waals surface area contributed by atoms with Gasteiger partial charge in [0.2, 0.25) is 5.13 Å². The van der Waals surface area contributed by atoms with E-state index < -0.39 is 23.9 Å². The number of thiazole rings is 1. The number of halogens is 3. The predicted octanol–water partition coefficient (Wildman–Crippen LogP) is 3.36. The minimum absolute atomic E-state index is 0.116. The summed E-state index contributed by atoms with van der Waals surface area (Å²) in [5.41, 5.74) is -3.15. The second-order valence-electron chi connectivity index (χ2n) is 5.63. The van der Waals surface area contributed by atoms with Crippen LogP contribution in [0.3, 0.4) is 0 Å². The zero-order chi connectivity index (χ0) is 18.5. The van der Waals surface area contributed by atoms with Crippen molar-refractivity contribution in [3.8, 4) is 11.3 Å². The van der Waals surface area contributed by atoms with E-state index in [4.69, 9.17) is 4.42 Å². The Kier molecular flexibility index (Phi) is 3.63. The van der Waals surface area contributed by atoms with Gasteiger partial charge in [-0.25, -0.2) is 9.78 Å². The van der Waals surface area contributed by atoms with Gasteiger partial charge in [0.1, 0.15) is 5.58 Å². The molecule has 1 aliphatic rings. The number of aromatic nitrogens is 1. The summed E-state index contributed by atoms with van der Waals surface area (Å²) < 4.78 is 44.8. The number of aliphatic hydroxyl groups is 1. The molecule has 3 aromatic rings. The summed E-state index contributed by atoms with van der Waals surface area (Å²) in [7, 11) is 0. The molecule has 10 heteroatoms. The Morgan fingerprint density at radius 2 is 2.08 bits per heavy atom. The molecule has 0 spiro atoms. The first-order valence-electron chi connectivity index (χ1n) is 7.40. The van der Waals surface area contributed by atoms with Crippen molar-refractivity contribution in [1.29, 1.82) is 0 Å². The molecular weight excluding hydrogens is 371 g/mol. The maximum Gasteiger partial charge on any atom is 0.438 e. The molecule has 134 valence electrons. The molecule has 0 fully saturated rings. The third-order valence-electron chi connectivity index (χ3n) is 3.97. The Morgan fingerprint density at radius 3 is 2.85 bits per heavy atom. The van der Waals surface area contributed by atoms with Gasteiger partial charge in [-0.1, -0.05) is 18.2 Å². The van der Waals surface area contributed by atoms with Crippen molar-refractivity contribution >= 4 is 33.7 Å². The van der Waals surface area contributed by atoms with Crippen molar-refractivity contribution in [2.45, 2.75) is 18.3 Å². The summed E-state index contributed by atoms with van der Waals surface area (Å²) in [6.45, 7) is 0.